The number of hydrogen-bond donors (Lipinski definition) is 0. The summed E-state index contributed by atoms with van der Waals surface area (Å²) in [6.45, 7) is 0.642. The highest BCUT2D eigenvalue weighted by molar-refractivity contribution is 6.35. The lowest BCUT2D eigenvalue weighted by Crippen LogP contribution is -2.18. The molecule has 0 unspecified atom stereocenters. The van der Waals surface area contributed by atoms with Crippen LogP contribution in [0.25, 0.3) is 11.0 Å². The Morgan fingerprint density at radius 2 is 1.81 bits per heavy atom. The van der Waals surface area contributed by atoms with Gasteiger partial charge in [0, 0.05) is 23.6 Å². The number of hydrogen-bond acceptors (Lipinski definition) is 3. The minimum Gasteiger partial charge on any atom is -0.354 e. The molecule has 2 aromatic carbocycles. The highest BCUT2D eigenvalue weighted by atomic mass is 35.5. The first-order valence-corrected chi connectivity index (χ1v) is 7.26. The molecule has 0 saturated carbocycles. The van der Waals surface area contributed by atoms with Crippen LogP contribution in [0.3, 0.4) is 0 Å². The first-order chi connectivity index (χ1) is 10.1. The van der Waals surface area contributed by atoms with Crippen molar-refractivity contribution in [1.29, 1.82) is 0 Å². The average molecular weight is 318 g/mol. The van der Waals surface area contributed by atoms with E-state index in [-0.39, 0.29) is 0 Å². The van der Waals surface area contributed by atoms with Gasteiger partial charge in [-0.3, -0.25) is 4.98 Å². The Hall–Kier alpha value is -1.84. The Morgan fingerprint density at radius 1 is 1.05 bits per heavy atom. The first kappa shape index (κ1) is 14.1. The van der Waals surface area contributed by atoms with E-state index in [1.54, 1.807) is 12.3 Å². The van der Waals surface area contributed by atoms with Crippen LogP contribution >= 0.6 is 23.2 Å². The molecule has 0 spiro atoms. The molecule has 21 heavy (non-hydrogen) atoms. The largest absolute Gasteiger partial charge is 0.354 e. The van der Waals surface area contributed by atoms with E-state index in [0.717, 1.165) is 22.4 Å². The van der Waals surface area contributed by atoms with Crippen molar-refractivity contribution in [2.45, 2.75) is 6.54 Å². The first-order valence-electron chi connectivity index (χ1n) is 6.50. The van der Waals surface area contributed by atoms with Crippen LogP contribution in [0.4, 0.5) is 5.82 Å². The zero-order chi connectivity index (χ0) is 14.8. The van der Waals surface area contributed by atoms with E-state index >= 15 is 0 Å². The number of aromatic nitrogens is 2. The van der Waals surface area contributed by atoms with E-state index in [9.17, 15) is 0 Å². The molecular weight excluding hydrogens is 305 g/mol. The summed E-state index contributed by atoms with van der Waals surface area (Å²) in [5, 5.41) is 1.29. The van der Waals surface area contributed by atoms with Crippen molar-refractivity contribution in [1.82, 2.24) is 9.97 Å². The van der Waals surface area contributed by atoms with Gasteiger partial charge in [0.05, 0.1) is 17.2 Å². The van der Waals surface area contributed by atoms with Gasteiger partial charge in [-0.2, -0.15) is 0 Å². The van der Waals surface area contributed by atoms with Gasteiger partial charge in [0.25, 0.3) is 0 Å². The molecule has 3 aromatic rings. The van der Waals surface area contributed by atoms with Gasteiger partial charge >= 0.3 is 0 Å². The Labute approximate surface area is 133 Å². The molecule has 0 radical (unpaired) electrons. The molecule has 0 bridgehead atoms. The fourth-order valence-corrected chi connectivity index (χ4v) is 2.59. The smallest absolute Gasteiger partial charge is 0.147 e. The second-order valence-electron chi connectivity index (χ2n) is 4.81. The fourth-order valence-electron chi connectivity index (χ4n) is 2.12. The SMILES string of the molecule is CN(Cc1ccc(Cl)cc1Cl)c1cnc2ccccc2n1. The van der Waals surface area contributed by atoms with E-state index in [2.05, 4.69) is 9.97 Å². The summed E-state index contributed by atoms with van der Waals surface area (Å²) < 4.78 is 0. The normalized spacial score (nSPS) is 10.8. The van der Waals surface area contributed by atoms with Gasteiger partial charge in [-0.1, -0.05) is 41.4 Å². The highest BCUT2D eigenvalue weighted by Crippen LogP contribution is 2.23. The second-order valence-corrected chi connectivity index (χ2v) is 5.65. The third kappa shape index (κ3) is 3.09. The lowest BCUT2D eigenvalue weighted by Gasteiger charge is -2.19. The van der Waals surface area contributed by atoms with Crippen molar-refractivity contribution >= 4 is 40.1 Å². The zero-order valence-electron chi connectivity index (χ0n) is 11.4. The summed E-state index contributed by atoms with van der Waals surface area (Å²) in [6, 6.07) is 13.3. The molecule has 0 aliphatic carbocycles. The summed E-state index contributed by atoms with van der Waals surface area (Å²) in [5.41, 5.74) is 2.77. The minimum absolute atomic E-state index is 0.636. The molecule has 1 heterocycles. The number of benzene rings is 2. The molecule has 1 aromatic heterocycles. The van der Waals surface area contributed by atoms with Crippen molar-refractivity contribution < 1.29 is 0 Å². The Kier molecular flexibility index (Phi) is 3.95. The van der Waals surface area contributed by atoms with Crippen molar-refractivity contribution in [2.75, 3.05) is 11.9 Å². The summed E-state index contributed by atoms with van der Waals surface area (Å²) in [4.78, 5) is 11.0. The van der Waals surface area contributed by atoms with Crippen molar-refractivity contribution in [3.05, 3.63) is 64.3 Å². The molecule has 0 amide bonds. The highest BCUT2D eigenvalue weighted by Gasteiger charge is 2.08. The van der Waals surface area contributed by atoms with E-state index in [1.807, 2.05) is 48.3 Å². The van der Waals surface area contributed by atoms with Gasteiger partial charge in [0.15, 0.2) is 0 Å². The molecule has 3 rings (SSSR count). The predicted molar refractivity (Wildman–Crippen MR) is 88.1 cm³/mol. The van der Waals surface area contributed by atoms with Gasteiger partial charge in [0.2, 0.25) is 0 Å². The van der Waals surface area contributed by atoms with E-state index < -0.39 is 0 Å². The van der Waals surface area contributed by atoms with Gasteiger partial charge < -0.3 is 4.90 Å². The van der Waals surface area contributed by atoms with E-state index in [1.165, 1.54) is 0 Å². The maximum atomic E-state index is 6.21. The molecule has 0 aliphatic rings. The molecule has 0 saturated heterocycles. The molecule has 5 heteroatoms. The van der Waals surface area contributed by atoms with Crippen LogP contribution in [0.2, 0.25) is 10.0 Å². The quantitative estimate of drug-likeness (QED) is 0.708. The summed E-state index contributed by atoms with van der Waals surface area (Å²) in [6.07, 6.45) is 1.77. The number of fused-ring (bicyclic) bond motifs is 1. The van der Waals surface area contributed by atoms with Gasteiger partial charge in [-0.25, -0.2) is 4.98 Å². The number of nitrogens with zero attached hydrogens (tertiary/aromatic N) is 3. The molecule has 3 nitrogen and oxygen atoms in total. The van der Waals surface area contributed by atoms with Crippen LogP contribution in [0.1, 0.15) is 5.56 Å². The maximum Gasteiger partial charge on any atom is 0.147 e. The third-order valence-electron chi connectivity index (χ3n) is 3.25. The summed E-state index contributed by atoms with van der Waals surface area (Å²) >= 11 is 12.1. The molecule has 0 N–H and O–H groups in total. The van der Waals surface area contributed by atoms with Gasteiger partial charge in [-0.05, 0) is 29.8 Å². The number of rotatable bonds is 3. The van der Waals surface area contributed by atoms with Crippen LogP contribution in [-0.2, 0) is 6.54 Å². The monoisotopic (exact) mass is 317 g/mol. The fraction of sp³-hybridized carbons (Fsp3) is 0.125. The summed E-state index contributed by atoms with van der Waals surface area (Å²) in [7, 11) is 1.96. The van der Waals surface area contributed by atoms with Crippen LogP contribution in [-0.4, -0.2) is 17.0 Å². The van der Waals surface area contributed by atoms with Crippen LogP contribution < -0.4 is 4.90 Å². The molecule has 0 aliphatic heterocycles. The molecule has 0 atom stereocenters. The topological polar surface area (TPSA) is 29.0 Å². The van der Waals surface area contributed by atoms with Crippen molar-refractivity contribution in [3.63, 3.8) is 0 Å². The average Bonchev–Trinajstić information content (AvgIpc) is 2.49. The third-order valence-corrected chi connectivity index (χ3v) is 3.84. The predicted octanol–water partition coefficient (Wildman–Crippen LogP) is 4.57. The number of halogens is 2. The van der Waals surface area contributed by atoms with Crippen molar-refractivity contribution in [2.24, 2.45) is 0 Å². The zero-order valence-corrected chi connectivity index (χ0v) is 12.9. The Balaban J connectivity index is 1.87. The Morgan fingerprint density at radius 3 is 2.57 bits per heavy atom. The van der Waals surface area contributed by atoms with Crippen molar-refractivity contribution in [3.8, 4) is 0 Å². The standard InChI is InChI=1S/C16H13Cl2N3/c1-21(10-11-6-7-12(17)8-13(11)18)16-9-19-14-4-2-3-5-15(14)20-16/h2-9H,10H2,1H3. The molecular formula is C16H13Cl2N3. The number of anilines is 1. The van der Waals surface area contributed by atoms with E-state index in [0.29, 0.717) is 16.6 Å². The number of para-hydroxylation sites is 2. The molecule has 106 valence electrons. The summed E-state index contributed by atoms with van der Waals surface area (Å²) in [5.74, 6) is 0.805. The van der Waals surface area contributed by atoms with Crippen LogP contribution in [0.15, 0.2) is 48.7 Å². The van der Waals surface area contributed by atoms with Crippen LogP contribution in [0, 0.1) is 0 Å². The Bertz CT molecular complexity index is 789. The van der Waals surface area contributed by atoms with Gasteiger partial charge in [0.1, 0.15) is 5.82 Å². The lowest BCUT2D eigenvalue weighted by molar-refractivity contribution is 0.897. The molecule has 0 fully saturated rings. The maximum absolute atomic E-state index is 6.21. The second kappa shape index (κ2) is 5.88. The van der Waals surface area contributed by atoms with Crippen LogP contribution in [0.5, 0.6) is 0 Å². The lowest BCUT2D eigenvalue weighted by atomic mass is 10.2. The minimum atomic E-state index is 0.636. The van der Waals surface area contributed by atoms with E-state index in [4.69, 9.17) is 23.2 Å². The van der Waals surface area contributed by atoms with Gasteiger partial charge in [-0.15, -0.1) is 0 Å².